The van der Waals surface area contributed by atoms with Gasteiger partial charge in [-0.15, -0.1) is 0 Å². The molecule has 150 valence electrons. The third-order valence-corrected chi connectivity index (χ3v) is 5.32. The first-order valence-electron chi connectivity index (χ1n) is 9.18. The number of fused-ring (bicyclic) bond motifs is 1. The first kappa shape index (κ1) is 20.5. The molecule has 2 aliphatic heterocycles. The number of halogens is 1. The highest BCUT2D eigenvalue weighted by Gasteiger charge is 2.42. The number of amides is 1. The molecular weight excluding hydrogens is 380 g/mol. The number of benzene rings is 1. The van der Waals surface area contributed by atoms with Crippen LogP contribution in [0.25, 0.3) is 11.3 Å². The largest absolute Gasteiger partial charge is 0.391 e. The molecule has 7 nitrogen and oxygen atoms in total. The number of carbonyl (C=O) groups excluding carboxylic acids is 1. The van der Waals surface area contributed by atoms with E-state index in [0.29, 0.717) is 17.3 Å². The van der Waals surface area contributed by atoms with Crippen LogP contribution < -0.4 is 10.6 Å². The van der Waals surface area contributed by atoms with Gasteiger partial charge in [0.25, 0.3) is 0 Å². The lowest BCUT2D eigenvalue weighted by atomic mass is 9.85. The molecule has 0 aliphatic carbocycles. The van der Waals surface area contributed by atoms with Gasteiger partial charge in [-0.2, -0.15) is 0 Å². The summed E-state index contributed by atoms with van der Waals surface area (Å²) in [4.78, 5) is 22.0. The Morgan fingerprint density at radius 1 is 1.39 bits per heavy atom. The molecule has 2 aliphatic rings. The van der Waals surface area contributed by atoms with E-state index in [-0.39, 0.29) is 18.0 Å². The molecule has 0 radical (unpaired) electrons. The number of nitrogens with two attached hydrogens (primary N) is 1. The highest BCUT2D eigenvalue weighted by Crippen LogP contribution is 2.42. The van der Waals surface area contributed by atoms with Crippen LogP contribution >= 0.6 is 11.6 Å². The standard InChI is InChI=1S/C15H15ClN4O.C5H10O2/c1-15(2)9-6-8(4-5-11(9)20(3)13(15)21)12-10(16)7-18-14(17)19-12;6-5-2-1-3-7-4-5/h4-7H,1-3H3,(H2,17,18,19);5-6H,1-4H2. The fourth-order valence-electron chi connectivity index (χ4n) is 3.43. The Morgan fingerprint density at radius 2 is 2.14 bits per heavy atom. The van der Waals surface area contributed by atoms with Crippen LogP contribution in [0.3, 0.4) is 0 Å². The number of hydrogen-bond donors (Lipinski definition) is 2. The number of aliphatic hydroxyl groups excluding tert-OH is 1. The Labute approximate surface area is 169 Å². The van der Waals surface area contributed by atoms with Crippen molar-refractivity contribution in [3.63, 3.8) is 0 Å². The van der Waals surface area contributed by atoms with E-state index in [4.69, 9.17) is 27.2 Å². The van der Waals surface area contributed by atoms with Gasteiger partial charge in [-0.25, -0.2) is 9.97 Å². The zero-order chi connectivity index (χ0) is 20.5. The maximum absolute atomic E-state index is 12.3. The topological polar surface area (TPSA) is 102 Å². The smallest absolute Gasteiger partial charge is 0.236 e. The quantitative estimate of drug-likeness (QED) is 0.757. The van der Waals surface area contributed by atoms with Gasteiger partial charge in [-0.1, -0.05) is 17.7 Å². The number of aliphatic hydroxyl groups is 1. The summed E-state index contributed by atoms with van der Waals surface area (Å²) in [6.07, 6.45) is 3.23. The van der Waals surface area contributed by atoms with E-state index in [9.17, 15) is 4.79 Å². The number of rotatable bonds is 1. The van der Waals surface area contributed by atoms with Gasteiger partial charge in [0.15, 0.2) is 0 Å². The first-order valence-corrected chi connectivity index (χ1v) is 9.56. The molecular formula is C20H25ClN4O3. The van der Waals surface area contributed by atoms with Crippen molar-refractivity contribution in [1.29, 1.82) is 0 Å². The van der Waals surface area contributed by atoms with Crippen molar-refractivity contribution in [2.45, 2.75) is 38.2 Å². The molecule has 0 bridgehead atoms. The Hall–Kier alpha value is -2.22. The number of nitrogens with zero attached hydrogens (tertiary/aromatic N) is 3. The van der Waals surface area contributed by atoms with E-state index in [1.807, 2.05) is 32.0 Å². The van der Waals surface area contributed by atoms with Crippen molar-refractivity contribution in [2.24, 2.45) is 0 Å². The van der Waals surface area contributed by atoms with Crippen LogP contribution in [-0.4, -0.2) is 47.3 Å². The van der Waals surface area contributed by atoms with E-state index >= 15 is 0 Å². The minimum atomic E-state index is -0.564. The molecule has 8 heteroatoms. The first-order chi connectivity index (χ1) is 13.2. The van der Waals surface area contributed by atoms with E-state index < -0.39 is 5.41 Å². The Bertz CT molecular complexity index is 882. The molecule has 1 amide bonds. The summed E-state index contributed by atoms with van der Waals surface area (Å²) in [7, 11) is 1.78. The van der Waals surface area contributed by atoms with Crippen molar-refractivity contribution in [1.82, 2.24) is 9.97 Å². The second kappa shape index (κ2) is 8.03. The van der Waals surface area contributed by atoms with Crippen LogP contribution in [0.2, 0.25) is 5.02 Å². The second-order valence-electron chi connectivity index (χ2n) is 7.52. The van der Waals surface area contributed by atoms with E-state index in [0.717, 1.165) is 36.3 Å². The van der Waals surface area contributed by atoms with Gasteiger partial charge in [0.2, 0.25) is 11.9 Å². The average Bonchev–Trinajstić information content (AvgIpc) is 2.85. The molecule has 1 aromatic heterocycles. The lowest BCUT2D eigenvalue weighted by Gasteiger charge is -2.16. The number of hydrogen-bond acceptors (Lipinski definition) is 6. The molecule has 28 heavy (non-hydrogen) atoms. The van der Waals surface area contributed by atoms with Gasteiger partial charge in [-0.05, 0) is 44.4 Å². The molecule has 1 atom stereocenters. The average molecular weight is 405 g/mol. The minimum Gasteiger partial charge on any atom is -0.391 e. The summed E-state index contributed by atoms with van der Waals surface area (Å²) in [5, 5.41) is 9.21. The molecule has 0 spiro atoms. The molecule has 1 unspecified atom stereocenters. The number of ether oxygens (including phenoxy) is 1. The fourth-order valence-corrected chi connectivity index (χ4v) is 3.63. The molecule has 0 saturated carbocycles. The molecule has 3 heterocycles. The molecule has 3 N–H and O–H groups in total. The number of nitrogen functional groups attached to an aromatic ring is 1. The van der Waals surface area contributed by atoms with Crippen molar-refractivity contribution in [3.8, 4) is 11.3 Å². The molecule has 1 fully saturated rings. The predicted octanol–water partition coefficient (Wildman–Crippen LogP) is 2.79. The molecule has 4 rings (SSSR count). The van der Waals surface area contributed by atoms with E-state index in [2.05, 4.69) is 9.97 Å². The van der Waals surface area contributed by atoms with E-state index in [1.54, 1.807) is 11.9 Å². The van der Waals surface area contributed by atoms with Crippen LogP contribution in [0, 0.1) is 0 Å². The number of aromatic nitrogens is 2. The highest BCUT2D eigenvalue weighted by molar-refractivity contribution is 6.33. The zero-order valence-corrected chi connectivity index (χ0v) is 17.0. The third-order valence-electron chi connectivity index (χ3n) is 5.04. The summed E-state index contributed by atoms with van der Waals surface area (Å²) in [5.41, 5.74) is 8.33. The maximum Gasteiger partial charge on any atom is 0.236 e. The molecule has 1 aromatic carbocycles. The zero-order valence-electron chi connectivity index (χ0n) is 16.3. The second-order valence-corrected chi connectivity index (χ2v) is 7.92. The molecule has 1 saturated heterocycles. The predicted molar refractivity (Wildman–Crippen MR) is 109 cm³/mol. The van der Waals surface area contributed by atoms with Gasteiger partial charge in [0.05, 0.1) is 35.0 Å². The number of anilines is 2. The van der Waals surface area contributed by atoms with Gasteiger partial charge in [0, 0.05) is 24.9 Å². The summed E-state index contributed by atoms with van der Waals surface area (Å²) < 4.78 is 4.93. The van der Waals surface area contributed by atoms with Crippen molar-refractivity contribution >= 4 is 29.1 Å². The van der Waals surface area contributed by atoms with Gasteiger partial charge in [0.1, 0.15) is 0 Å². The monoisotopic (exact) mass is 404 g/mol. The van der Waals surface area contributed by atoms with Crippen molar-refractivity contribution in [3.05, 3.63) is 35.0 Å². The van der Waals surface area contributed by atoms with Crippen LogP contribution in [0.5, 0.6) is 0 Å². The normalized spacial score (nSPS) is 20.4. The highest BCUT2D eigenvalue weighted by atomic mass is 35.5. The number of carbonyl (C=O) groups is 1. The van der Waals surface area contributed by atoms with Crippen molar-refractivity contribution < 1.29 is 14.6 Å². The van der Waals surface area contributed by atoms with Gasteiger partial charge < -0.3 is 20.5 Å². The summed E-state index contributed by atoms with van der Waals surface area (Å²) in [6, 6.07) is 5.74. The van der Waals surface area contributed by atoms with Crippen LogP contribution in [0.15, 0.2) is 24.4 Å². The summed E-state index contributed by atoms with van der Waals surface area (Å²) in [6.45, 7) is 5.20. The van der Waals surface area contributed by atoms with Crippen LogP contribution in [0.4, 0.5) is 11.6 Å². The fraction of sp³-hybridized carbons (Fsp3) is 0.450. The summed E-state index contributed by atoms with van der Waals surface area (Å²) >= 11 is 6.15. The molecule has 2 aromatic rings. The number of likely N-dealkylation sites (N-methyl/N-ethyl adjacent to an activating group) is 1. The lowest BCUT2D eigenvalue weighted by Crippen LogP contribution is -2.33. The summed E-state index contributed by atoms with van der Waals surface area (Å²) in [5.74, 6) is 0.241. The van der Waals surface area contributed by atoms with Gasteiger partial charge >= 0.3 is 0 Å². The van der Waals surface area contributed by atoms with E-state index in [1.165, 1.54) is 6.20 Å². The SMILES string of the molecule is CN1C(=O)C(C)(C)c2cc(-c3nc(N)ncc3Cl)ccc21.OC1CCCOC1. The Morgan fingerprint density at radius 3 is 2.75 bits per heavy atom. The van der Waals surface area contributed by atoms with Crippen LogP contribution in [0.1, 0.15) is 32.3 Å². The minimum absolute atomic E-state index is 0.0722. The maximum atomic E-state index is 12.3. The Kier molecular flexibility index (Phi) is 5.88. The van der Waals surface area contributed by atoms with Crippen molar-refractivity contribution in [2.75, 3.05) is 30.9 Å². The third kappa shape index (κ3) is 3.97. The Balaban J connectivity index is 0.000000271. The lowest BCUT2D eigenvalue weighted by molar-refractivity contribution is -0.121. The van der Waals surface area contributed by atoms with Crippen LogP contribution in [-0.2, 0) is 14.9 Å². The van der Waals surface area contributed by atoms with Gasteiger partial charge in [-0.3, -0.25) is 4.79 Å².